The predicted molar refractivity (Wildman–Crippen MR) is 129 cm³/mol. The third-order valence-electron chi connectivity index (χ3n) is 11.0. The van der Waals surface area contributed by atoms with Gasteiger partial charge in [-0.25, -0.2) is 0 Å². The summed E-state index contributed by atoms with van der Waals surface area (Å²) in [5, 5.41) is 0. The Morgan fingerprint density at radius 1 is 1.03 bits per heavy atom. The van der Waals surface area contributed by atoms with Gasteiger partial charge in [-0.3, -0.25) is 0 Å². The lowest BCUT2D eigenvalue weighted by molar-refractivity contribution is -0.0507. The van der Waals surface area contributed by atoms with E-state index >= 15 is 0 Å². The van der Waals surface area contributed by atoms with Gasteiger partial charge in [-0.2, -0.15) is 0 Å². The van der Waals surface area contributed by atoms with E-state index in [0.29, 0.717) is 22.9 Å². The number of likely N-dealkylation sites (tertiary alicyclic amines) is 1. The number of hydrogen-bond acceptors (Lipinski definition) is 3. The van der Waals surface area contributed by atoms with Gasteiger partial charge >= 0.3 is 0 Å². The van der Waals surface area contributed by atoms with Crippen LogP contribution in [0.1, 0.15) is 89.5 Å². The quantitative estimate of drug-likeness (QED) is 0.473. The van der Waals surface area contributed by atoms with Gasteiger partial charge < -0.3 is 14.1 Å². The Balaban J connectivity index is 1.14. The molecule has 1 aliphatic heterocycles. The SMILES string of the molecule is C[C@]12CCC(OCCN3CCCC3)C=C1CC[C@@H]1[C@H]2CC[C@]2(C)C(c3ccoc3)CC[C@@H]12. The van der Waals surface area contributed by atoms with Gasteiger partial charge in [-0.05, 0) is 123 Å². The maximum atomic E-state index is 6.39. The molecule has 0 bridgehead atoms. The zero-order valence-corrected chi connectivity index (χ0v) is 20.4. The van der Waals surface area contributed by atoms with Crippen LogP contribution in [0.4, 0.5) is 0 Å². The van der Waals surface area contributed by atoms with Crippen LogP contribution in [0, 0.1) is 28.6 Å². The molecular weight excluding hydrogens is 394 g/mol. The van der Waals surface area contributed by atoms with Crippen LogP contribution in [-0.2, 0) is 4.74 Å². The standard InChI is InChI=1S/C29H43NO2/c1-28-12-9-23(32-18-16-30-14-3-4-15-30)19-22(28)5-6-24-26-8-7-25(21-11-17-31-20-21)29(26,2)13-10-27(24)28/h11,17,19-20,23-27H,3-10,12-16,18H2,1-2H3/t23?,24-,25?,26-,27+,28-,29+/m0/s1. The van der Waals surface area contributed by atoms with Crippen LogP contribution in [-0.4, -0.2) is 37.2 Å². The van der Waals surface area contributed by atoms with Crippen LogP contribution in [0.25, 0.3) is 0 Å². The molecule has 1 aromatic heterocycles. The molecule has 4 aliphatic carbocycles. The molecule has 3 saturated carbocycles. The third kappa shape index (κ3) is 3.45. The Bertz CT molecular complexity index is 824. The van der Waals surface area contributed by atoms with Crippen LogP contribution >= 0.6 is 0 Å². The summed E-state index contributed by atoms with van der Waals surface area (Å²) in [5.74, 6) is 3.40. The highest BCUT2D eigenvalue weighted by Crippen LogP contribution is 2.68. The molecule has 1 aromatic rings. The summed E-state index contributed by atoms with van der Waals surface area (Å²) in [6.45, 7) is 9.83. The van der Waals surface area contributed by atoms with Crippen molar-refractivity contribution in [1.82, 2.24) is 4.90 Å². The van der Waals surface area contributed by atoms with E-state index in [1.807, 2.05) is 12.5 Å². The normalized spacial score (nSPS) is 44.1. The summed E-state index contributed by atoms with van der Waals surface area (Å²) >= 11 is 0. The van der Waals surface area contributed by atoms with Gasteiger partial charge in [0.05, 0.1) is 25.2 Å². The highest BCUT2D eigenvalue weighted by molar-refractivity contribution is 5.27. The lowest BCUT2D eigenvalue weighted by Crippen LogP contribution is -2.50. The molecule has 0 aromatic carbocycles. The summed E-state index contributed by atoms with van der Waals surface area (Å²) in [6, 6.07) is 2.23. The van der Waals surface area contributed by atoms with E-state index in [1.54, 1.807) is 5.57 Å². The number of furan rings is 1. The molecule has 2 heterocycles. The first kappa shape index (κ1) is 21.5. The van der Waals surface area contributed by atoms with E-state index in [0.717, 1.165) is 30.9 Å². The third-order valence-corrected chi connectivity index (χ3v) is 11.0. The van der Waals surface area contributed by atoms with Gasteiger partial charge in [-0.1, -0.05) is 25.5 Å². The van der Waals surface area contributed by atoms with E-state index < -0.39 is 0 Å². The minimum Gasteiger partial charge on any atom is -0.472 e. The molecule has 1 saturated heterocycles. The fourth-order valence-electron chi connectivity index (χ4n) is 9.19. The molecule has 0 amide bonds. The summed E-state index contributed by atoms with van der Waals surface area (Å²) in [7, 11) is 0. The molecule has 4 fully saturated rings. The zero-order valence-electron chi connectivity index (χ0n) is 20.4. The van der Waals surface area contributed by atoms with Crippen LogP contribution in [0.15, 0.2) is 34.7 Å². The number of nitrogens with zero attached hydrogens (tertiary/aromatic N) is 1. The van der Waals surface area contributed by atoms with E-state index in [4.69, 9.17) is 9.15 Å². The summed E-state index contributed by atoms with van der Waals surface area (Å²) < 4.78 is 11.9. The smallest absolute Gasteiger partial charge is 0.0937 e. The molecule has 2 unspecified atom stereocenters. The molecule has 7 atom stereocenters. The second kappa shape index (κ2) is 8.31. The molecule has 0 radical (unpaired) electrons. The van der Waals surface area contributed by atoms with E-state index in [1.165, 1.54) is 82.9 Å². The van der Waals surface area contributed by atoms with Crippen molar-refractivity contribution >= 4 is 0 Å². The highest BCUT2D eigenvalue weighted by Gasteiger charge is 2.59. The lowest BCUT2D eigenvalue weighted by Gasteiger charge is -2.58. The second-order valence-electron chi connectivity index (χ2n) is 12.3. The van der Waals surface area contributed by atoms with Gasteiger partial charge in [0.15, 0.2) is 0 Å². The largest absolute Gasteiger partial charge is 0.472 e. The maximum Gasteiger partial charge on any atom is 0.0937 e. The van der Waals surface area contributed by atoms with E-state index in [-0.39, 0.29) is 0 Å². The molecule has 0 N–H and O–H groups in total. The Morgan fingerprint density at radius 2 is 1.91 bits per heavy atom. The van der Waals surface area contributed by atoms with Crippen LogP contribution in [0.2, 0.25) is 0 Å². The van der Waals surface area contributed by atoms with Crippen molar-refractivity contribution in [3.8, 4) is 0 Å². The first-order chi connectivity index (χ1) is 15.6. The van der Waals surface area contributed by atoms with Crippen molar-refractivity contribution in [3.63, 3.8) is 0 Å². The Labute approximate surface area is 195 Å². The van der Waals surface area contributed by atoms with Crippen LogP contribution in [0.5, 0.6) is 0 Å². The average molecular weight is 438 g/mol. The number of ether oxygens (including phenoxy) is 1. The summed E-state index contributed by atoms with van der Waals surface area (Å²) in [4.78, 5) is 2.57. The fraction of sp³-hybridized carbons (Fsp3) is 0.793. The summed E-state index contributed by atoms with van der Waals surface area (Å²) in [6.07, 6.45) is 20.5. The molecule has 3 heteroatoms. The fourth-order valence-corrected chi connectivity index (χ4v) is 9.19. The molecule has 6 rings (SSSR count). The van der Waals surface area contributed by atoms with Crippen molar-refractivity contribution in [1.29, 1.82) is 0 Å². The van der Waals surface area contributed by atoms with E-state index in [2.05, 4.69) is 30.9 Å². The van der Waals surface area contributed by atoms with Crippen molar-refractivity contribution in [2.45, 2.75) is 90.1 Å². The minimum absolute atomic E-state index is 0.364. The van der Waals surface area contributed by atoms with Crippen molar-refractivity contribution < 1.29 is 9.15 Å². The summed E-state index contributed by atoms with van der Waals surface area (Å²) in [5.41, 5.74) is 4.11. The average Bonchev–Trinajstić information content (AvgIpc) is 3.54. The molecule has 176 valence electrons. The maximum absolute atomic E-state index is 6.39. The van der Waals surface area contributed by atoms with Gasteiger partial charge in [0.2, 0.25) is 0 Å². The molecular formula is C29H43NO2. The Kier molecular flexibility index (Phi) is 5.57. The second-order valence-corrected chi connectivity index (χ2v) is 12.3. The first-order valence-electron chi connectivity index (χ1n) is 13.7. The first-order valence-corrected chi connectivity index (χ1v) is 13.7. The lowest BCUT2D eigenvalue weighted by atomic mass is 9.46. The van der Waals surface area contributed by atoms with E-state index in [9.17, 15) is 0 Å². The van der Waals surface area contributed by atoms with Gasteiger partial charge in [-0.15, -0.1) is 0 Å². The number of allylic oxidation sites excluding steroid dienone is 1. The minimum atomic E-state index is 0.364. The van der Waals surface area contributed by atoms with Crippen molar-refractivity contribution in [2.75, 3.05) is 26.2 Å². The highest BCUT2D eigenvalue weighted by atomic mass is 16.5. The van der Waals surface area contributed by atoms with Gasteiger partial charge in [0, 0.05) is 6.54 Å². The Morgan fingerprint density at radius 3 is 2.72 bits per heavy atom. The van der Waals surface area contributed by atoms with Crippen LogP contribution < -0.4 is 0 Å². The van der Waals surface area contributed by atoms with Gasteiger partial charge in [0.25, 0.3) is 0 Å². The van der Waals surface area contributed by atoms with Crippen LogP contribution in [0.3, 0.4) is 0 Å². The Hall–Kier alpha value is -1.06. The van der Waals surface area contributed by atoms with Crippen molar-refractivity contribution in [2.24, 2.45) is 28.6 Å². The topological polar surface area (TPSA) is 25.6 Å². The molecule has 5 aliphatic rings. The number of fused-ring (bicyclic) bond motifs is 5. The monoisotopic (exact) mass is 437 g/mol. The van der Waals surface area contributed by atoms with Gasteiger partial charge in [0.1, 0.15) is 0 Å². The molecule has 0 spiro atoms. The van der Waals surface area contributed by atoms with Crippen molar-refractivity contribution in [3.05, 3.63) is 35.8 Å². The predicted octanol–water partition coefficient (Wildman–Crippen LogP) is 6.81. The molecule has 32 heavy (non-hydrogen) atoms. The zero-order chi connectivity index (χ0) is 21.8. The molecule has 3 nitrogen and oxygen atoms in total. The number of hydrogen-bond donors (Lipinski definition) is 0. The number of rotatable bonds is 5.